The van der Waals surface area contributed by atoms with E-state index in [2.05, 4.69) is 78.8 Å². The number of nitrogens with two attached hydrogens (primary N) is 4. The average molecular weight is 1570 g/mol. The van der Waals surface area contributed by atoms with Crippen molar-refractivity contribution < 1.29 is 82.4 Å². The van der Waals surface area contributed by atoms with E-state index >= 15 is 4.79 Å². The minimum Gasteiger partial charge on any atom is -0.508 e. The maximum absolute atomic E-state index is 15.0. The lowest BCUT2D eigenvalue weighted by Gasteiger charge is -2.30. The van der Waals surface area contributed by atoms with Crippen molar-refractivity contribution in [1.29, 1.82) is 0 Å². The Balaban J connectivity index is 2.02. The van der Waals surface area contributed by atoms with E-state index in [1.54, 1.807) is 99.6 Å². The molecule has 3 aromatic rings. The molecular formula is C76H121N19O17. The molecule has 112 heavy (non-hydrogen) atoms. The lowest BCUT2D eigenvalue weighted by Crippen LogP contribution is -2.62. The first-order valence-corrected chi connectivity index (χ1v) is 38.1. The molecule has 13 atom stereocenters. The number of benzene rings is 2. The fraction of sp³-hybridized carbons (Fsp3) is 0.605. The second-order valence-electron chi connectivity index (χ2n) is 30.2. The Bertz CT molecular complexity index is 3590. The number of aliphatic carboxylic acids is 2. The molecule has 0 saturated heterocycles. The van der Waals surface area contributed by atoms with Gasteiger partial charge in [-0.15, -0.1) is 0 Å². The molecule has 0 spiro atoms. The van der Waals surface area contributed by atoms with Crippen LogP contribution in [0.3, 0.4) is 0 Å². The minimum atomic E-state index is -1.48. The van der Waals surface area contributed by atoms with Gasteiger partial charge in [0, 0.05) is 44.1 Å². The number of nitrogens with one attached hydrogen (secondary N) is 13. The summed E-state index contributed by atoms with van der Waals surface area (Å²) in [7, 11) is 0. The van der Waals surface area contributed by atoms with Crippen molar-refractivity contribution >= 4 is 88.8 Å². The predicted molar refractivity (Wildman–Crippen MR) is 417 cm³/mol. The molecule has 1 heterocycles. The highest BCUT2D eigenvalue weighted by Gasteiger charge is 2.39. The number of phenolic OH excluding ortho intramolecular Hbond substituents is 1. The lowest BCUT2D eigenvalue weighted by atomic mass is 9.98. The van der Waals surface area contributed by atoms with Gasteiger partial charge in [0.2, 0.25) is 70.9 Å². The van der Waals surface area contributed by atoms with Crippen LogP contribution in [0.5, 0.6) is 5.75 Å². The van der Waals surface area contributed by atoms with Gasteiger partial charge in [0.15, 0.2) is 5.96 Å². The van der Waals surface area contributed by atoms with E-state index in [1.165, 1.54) is 50.6 Å². The van der Waals surface area contributed by atoms with Crippen LogP contribution in [0.15, 0.2) is 72.1 Å². The molecule has 622 valence electrons. The zero-order valence-electron chi connectivity index (χ0n) is 66.3. The number of H-pyrrole nitrogens is 1. The number of guanidine groups is 1. The summed E-state index contributed by atoms with van der Waals surface area (Å²) in [6, 6.07) is -3.38. The first kappa shape index (κ1) is 95.4. The smallest absolute Gasteiger partial charge is 0.325 e. The summed E-state index contributed by atoms with van der Waals surface area (Å²) in [4.78, 5) is 206. The number of aliphatic imine (C=N–C) groups is 1. The van der Waals surface area contributed by atoms with E-state index in [9.17, 15) is 77.6 Å². The maximum Gasteiger partial charge on any atom is 0.325 e. The molecule has 0 radical (unpaired) electrons. The number of amides is 12. The molecule has 36 heteroatoms. The Morgan fingerprint density at radius 3 is 1.19 bits per heavy atom. The van der Waals surface area contributed by atoms with Gasteiger partial charge in [0.05, 0.1) is 12.4 Å². The van der Waals surface area contributed by atoms with Crippen LogP contribution in [0.4, 0.5) is 0 Å². The van der Waals surface area contributed by atoms with Crippen molar-refractivity contribution in [2.75, 3.05) is 13.1 Å². The van der Waals surface area contributed by atoms with Crippen LogP contribution in [-0.2, 0) is 86.4 Å². The predicted octanol–water partition coefficient (Wildman–Crippen LogP) is -0.700. The summed E-state index contributed by atoms with van der Waals surface area (Å²) >= 11 is 0. The summed E-state index contributed by atoms with van der Waals surface area (Å²) in [5.41, 5.74) is 24.0. The van der Waals surface area contributed by atoms with Crippen LogP contribution in [0, 0.1) is 29.6 Å². The SMILES string of the molecule is CC(C)C[C@H](NC(=O)[C@H](CC(C)C)NC(=O)[C@H](CC(C)C)NC(=O)[C@H](Cc1ccccc1)NC(=O)[C@H](Cc1cnc[nH]1)NC(=O)[C@@H](NC(=O)[C@H](CC(C)C)NC(=O)[C@H](CCC(=O)O)NC(=O)[C@H](C)N)C(C)C)C(=O)N[C@@H](CCCCN)C(=O)N[C@@H](Cc1ccc(O)cc1)C(=O)N[C@@H](CCCN=C(N)N)C(=O)N[C@@H](C)C(=O)O. The third-order valence-corrected chi connectivity index (χ3v) is 17.7. The van der Waals surface area contributed by atoms with Gasteiger partial charge in [-0.05, 0) is 137 Å². The van der Waals surface area contributed by atoms with Crippen molar-refractivity contribution in [3.8, 4) is 5.75 Å². The Hall–Kier alpha value is -10.8. The van der Waals surface area contributed by atoms with Crippen molar-refractivity contribution in [3.63, 3.8) is 0 Å². The minimum absolute atomic E-state index is 0.00364. The van der Waals surface area contributed by atoms with E-state index in [0.717, 1.165) is 0 Å². The highest BCUT2D eigenvalue weighted by Crippen LogP contribution is 2.18. The quantitative estimate of drug-likeness (QED) is 0.0189. The molecule has 0 aliphatic carbocycles. The first-order chi connectivity index (χ1) is 52.7. The van der Waals surface area contributed by atoms with Gasteiger partial charge in [-0.3, -0.25) is 72.1 Å². The van der Waals surface area contributed by atoms with Gasteiger partial charge in [0.1, 0.15) is 78.3 Å². The van der Waals surface area contributed by atoms with Gasteiger partial charge in [0.25, 0.3) is 0 Å². The van der Waals surface area contributed by atoms with Crippen LogP contribution in [0.25, 0.3) is 0 Å². The maximum atomic E-state index is 15.0. The number of carbonyl (C=O) groups is 14. The van der Waals surface area contributed by atoms with E-state index in [0.29, 0.717) is 29.7 Å². The third-order valence-electron chi connectivity index (χ3n) is 17.7. The highest BCUT2D eigenvalue weighted by molar-refractivity contribution is 6.00. The molecule has 0 fully saturated rings. The molecule has 36 nitrogen and oxygen atoms in total. The summed E-state index contributed by atoms with van der Waals surface area (Å²) in [5.74, 6) is -14.6. The summed E-state index contributed by atoms with van der Waals surface area (Å²) in [6.45, 7) is 20.4. The van der Waals surface area contributed by atoms with Gasteiger partial charge in [-0.25, -0.2) is 4.98 Å². The number of imidazole rings is 1. The second-order valence-corrected chi connectivity index (χ2v) is 30.2. The molecule has 2 aromatic carbocycles. The molecule has 0 bridgehead atoms. The van der Waals surface area contributed by atoms with Crippen molar-refractivity contribution in [2.45, 2.75) is 252 Å². The fourth-order valence-electron chi connectivity index (χ4n) is 11.8. The Morgan fingerprint density at radius 2 is 0.795 bits per heavy atom. The fourth-order valence-corrected chi connectivity index (χ4v) is 11.8. The Morgan fingerprint density at radius 1 is 0.429 bits per heavy atom. The molecule has 12 amide bonds. The van der Waals surface area contributed by atoms with E-state index in [1.807, 2.05) is 0 Å². The lowest BCUT2D eigenvalue weighted by molar-refractivity contribution is -0.142. The number of nitrogens with zero attached hydrogens (tertiary/aromatic N) is 2. The van der Waals surface area contributed by atoms with Gasteiger partial charge in [-0.2, -0.15) is 0 Å². The zero-order chi connectivity index (χ0) is 84.1. The van der Waals surface area contributed by atoms with Crippen molar-refractivity contribution in [1.82, 2.24) is 73.8 Å². The van der Waals surface area contributed by atoms with Crippen LogP contribution in [0.2, 0.25) is 0 Å². The van der Waals surface area contributed by atoms with Gasteiger partial charge < -0.3 is 107 Å². The third kappa shape index (κ3) is 35.9. The average Bonchev–Trinajstić information content (AvgIpc) is 1.19. The van der Waals surface area contributed by atoms with E-state index in [4.69, 9.17) is 22.9 Å². The summed E-state index contributed by atoms with van der Waals surface area (Å²) in [5, 5.41) is 61.2. The Kier molecular flexibility index (Phi) is 41.6. The highest BCUT2D eigenvalue weighted by atomic mass is 16.4. The Labute approximate surface area is 654 Å². The number of rotatable bonds is 51. The van der Waals surface area contributed by atoms with Gasteiger partial charge >= 0.3 is 11.9 Å². The zero-order valence-corrected chi connectivity index (χ0v) is 66.3. The number of phenols is 1. The van der Waals surface area contributed by atoms with Crippen LogP contribution in [0.1, 0.15) is 171 Å². The number of hydrogen-bond acceptors (Lipinski definition) is 19. The number of aromatic hydroxyl groups is 1. The number of aromatic nitrogens is 2. The van der Waals surface area contributed by atoms with E-state index in [-0.39, 0.29) is 119 Å². The molecule has 0 unspecified atom stereocenters. The number of carboxylic acids is 2. The van der Waals surface area contributed by atoms with Crippen molar-refractivity contribution in [2.24, 2.45) is 57.5 Å². The molecular weight excluding hydrogens is 1450 g/mol. The molecule has 3 rings (SSSR count). The number of aromatic amines is 1. The normalized spacial score (nSPS) is 14.8. The summed E-state index contributed by atoms with van der Waals surface area (Å²) in [6.07, 6.45) is 2.13. The molecule has 24 N–H and O–H groups in total. The number of carboxylic acid groups (broad SMARTS) is 2. The number of carbonyl (C=O) groups excluding carboxylic acids is 12. The molecule has 0 saturated carbocycles. The van der Waals surface area contributed by atoms with Crippen LogP contribution < -0.4 is 86.7 Å². The first-order valence-electron chi connectivity index (χ1n) is 38.1. The monoisotopic (exact) mass is 1570 g/mol. The molecule has 0 aliphatic heterocycles. The molecule has 1 aromatic heterocycles. The van der Waals surface area contributed by atoms with Crippen LogP contribution >= 0.6 is 0 Å². The van der Waals surface area contributed by atoms with Crippen molar-refractivity contribution in [3.05, 3.63) is 83.9 Å². The number of hydrogen-bond donors (Lipinski definition) is 20. The molecule has 0 aliphatic rings. The second kappa shape index (κ2) is 48.8. The summed E-state index contributed by atoms with van der Waals surface area (Å²) < 4.78 is 0. The largest absolute Gasteiger partial charge is 0.508 e. The van der Waals surface area contributed by atoms with Crippen LogP contribution in [-0.4, -0.2) is 206 Å². The topological polar surface area (TPSA) is 589 Å². The standard InChI is InChI=1S/C76H121N19O17/c1-40(2)31-54(67(103)86-51(21-16-17-29-77)65(101)92-59(36-48-23-25-50(96)26-24-48)70(106)87-52(22-18-30-82-76(79)80)64(100)84-46(12)75(111)112)89-68(104)55(32-41(3)4)90-69(105)56(33-42(5)6)91-71(107)58(35-47-19-14-13-15-20-47)93-72(108)60(37-49-38-81-39-83-49)94-74(110)62(44(9)10)95-73(109)57(34-43(7)8)88-66(102)53(27-28-61(97)98)85-63(99)45(11)78/h13-15,19-20,23-26,38-46,51-60,62,96H,16-18,21-22,27-37,77-78H2,1-12H3,(H,81,83)(H,84,100)(H,85,99)(H,86,103)(H,87,106)(H,88,102)(H,89,104)(H,90,105)(H,91,107)(H,92,101)(H,93,108)(H,94,110)(H,95,109)(H,97,98)(H,111,112)(H4,79,80,82)/t45-,46-,51-,52-,53-,54-,55-,56-,57-,58-,59-,60-,62-/m0/s1. The van der Waals surface area contributed by atoms with Gasteiger partial charge in [-0.1, -0.05) is 112 Å². The number of unbranched alkanes of at least 4 members (excludes halogenated alkanes) is 1. The van der Waals surface area contributed by atoms with E-state index < -0.39 is 174 Å².